The van der Waals surface area contributed by atoms with E-state index in [0.29, 0.717) is 24.7 Å². The van der Waals surface area contributed by atoms with Gasteiger partial charge in [0.1, 0.15) is 5.56 Å². The molecule has 22 heavy (non-hydrogen) atoms. The maximum Gasteiger partial charge on any atom is 0.261 e. The second kappa shape index (κ2) is 6.55. The van der Waals surface area contributed by atoms with Crippen LogP contribution >= 0.6 is 0 Å². The Morgan fingerprint density at radius 2 is 1.95 bits per heavy atom. The third kappa shape index (κ3) is 3.24. The number of H-pyrrole nitrogens is 1. The second-order valence-electron chi connectivity index (χ2n) is 5.08. The van der Waals surface area contributed by atoms with Crippen molar-refractivity contribution in [1.82, 2.24) is 20.1 Å². The fraction of sp³-hybridized carbons (Fsp3) is 0.467. The van der Waals surface area contributed by atoms with E-state index in [0.717, 1.165) is 11.3 Å². The number of nitrogens with one attached hydrogen (secondary N) is 1. The van der Waals surface area contributed by atoms with E-state index >= 15 is 0 Å². The van der Waals surface area contributed by atoms with E-state index < -0.39 is 0 Å². The van der Waals surface area contributed by atoms with Crippen molar-refractivity contribution in [3.63, 3.8) is 0 Å². The Hall–Kier alpha value is -2.44. The second-order valence-corrected chi connectivity index (χ2v) is 5.08. The number of carbonyl (C=O) groups excluding carboxylic acids is 1. The maximum atomic E-state index is 12.6. The van der Waals surface area contributed by atoms with Crippen molar-refractivity contribution in [3.8, 4) is 0 Å². The highest BCUT2D eigenvalue weighted by Crippen LogP contribution is 2.10. The molecule has 1 amide bonds. The maximum absolute atomic E-state index is 12.6. The van der Waals surface area contributed by atoms with Crippen LogP contribution in [0.4, 0.5) is 0 Å². The minimum atomic E-state index is -0.383. The first-order valence-electron chi connectivity index (χ1n) is 7.27. The molecule has 0 fully saturated rings. The summed E-state index contributed by atoms with van der Waals surface area (Å²) < 4.78 is 5.42. The van der Waals surface area contributed by atoms with Crippen LogP contribution in [0.15, 0.2) is 15.3 Å². The zero-order chi connectivity index (χ0) is 16.3. The van der Waals surface area contributed by atoms with Crippen LogP contribution in [0.3, 0.4) is 0 Å². The molecule has 0 radical (unpaired) electrons. The Kier molecular flexibility index (Phi) is 4.75. The Morgan fingerprint density at radius 1 is 1.27 bits per heavy atom. The van der Waals surface area contributed by atoms with Gasteiger partial charge in [-0.05, 0) is 32.4 Å². The molecule has 2 aromatic rings. The third-order valence-corrected chi connectivity index (χ3v) is 3.53. The molecule has 1 N–H and O–H groups in total. The van der Waals surface area contributed by atoms with Crippen LogP contribution in [0.5, 0.6) is 0 Å². The lowest BCUT2D eigenvalue weighted by atomic mass is 10.1. The van der Waals surface area contributed by atoms with Gasteiger partial charge in [0.2, 0.25) is 11.8 Å². The molecule has 0 unspecified atom stereocenters. The molecular weight excluding hydrogens is 284 g/mol. The van der Waals surface area contributed by atoms with Gasteiger partial charge in [0, 0.05) is 18.7 Å². The van der Waals surface area contributed by atoms with Crippen molar-refractivity contribution in [2.24, 2.45) is 0 Å². The van der Waals surface area contributed by atoms with Crippen molar-refractivity contribution < 1.29 is 9.21 Å². The Balaban J connectivity index is 2.25. The number of hydrogen-bond acceptors (Lipinski definition) is 5. The average Bonchev–Trinajstić information content (AvgIpc) is 2.95. The van der Waals surface area contributed by atoms with Crippen LogP contribution in [0.1, 0.15) is 47.2 Å². The highest BCUT2D eigenvalue weighted by molar-refractivity contribution is 5.94. The lowest BCUT2D eigenvalue weighted by Gasteiger charge is -2.18. The van der Waals surface area contributed by atoms with Gasteiger partial charge in [0.05, 0.1) is 6.54 Å². The zero-order valence-electron chi connectivity index (χ0n) is 13.3. The van der Waals surface area contributed by atoms with E-state index in [-0.39, 0.29) is 23.6 Å². The molecule has 2 aromatic heterocycles. The predicted molar refractivity (Wildman–Crippen MR) is 80.6 cm³/mol. The molecule has 0 atom stereocenters. The number of aryl methyl sites for hydroxylation is 3. The minimum absolute atomic E-state index is 0.125. The topological polar surface area (TPSA) is 92.1 Å². The van der Waals surface area contributed by atoms with E-state index in [1.54, 1.807) is 13.0 Å². The van der Waals surface area contributed by atoms with Crippen LogP contribution in [-0.2, 0) is 13.0 Å². The van der Waals surface area contributed by atoms with Crippen LogP contribution < -0.4 is 5.56 Å². The van der Waals surface area contributed by atoms with Gasteiger partial charge in [-0.3, -0.25) is 9.59 Å². The quantitative estimate of drug-likeness (QED) is 0.905. The van der Waals surface area contributed by atoms with Gasteiger partial charge < -0.3 is 14.3 Å². The number of carbonyl (C=O) groups is 1. The molecule has 0 saturated carbocycles. The van der Waals surface area contributed by atoms with E-state index in [1.807, 2.05) is 20.8 Å². The van der Waals surface area contributed by atoms with Crippen molar-refractivity contribution in [2.75, 3.05) is 6.54 Å². The van der Waals surface area contributed by atoms with Crippen LogP contribution in [-0.4, -0.2) is 32.5 Å². The van der Waals surface area contributed by atoms with E-state index in [9.17, 15) is 9.59 Å². The zero-order valence-corrected chi connectivity index (χ0v) is 13.3. The number of hydrogen-bond donors (Lipinski definition) is 1. The van der Waals surface area contributed by atoms with Gasteiger partial charge in [-0.2, -0.15) is 0 Å². The summed E-state index contributed by atoms with van der Waals surface area (Å²) in [6, 6.07) is 1.62. The lowest BCUT2D eigenvalue weighted by Crippen LogP contribution is -2.34. The predicted octanol–water partition coefficient (Wildman–Crippen LogP) is 1.60. The fourth-order valence-electron chi connectivity index (χ4n) is 2.04. The number of aromatic amines is 1. The van der Waals surface area contributed by atoms with Crippen LogP contribution in [0, 0.1) is 13.8 Å². The fourth-order valence-corrected chi connectivity index (χ4v) is 2.04. The van der Waals surface area contributed by atoms with Gasteiger partial charge in [-0.1, -0.05) is 6.92 Å². The number of rotatable bonds is 5. The summed E-state index contributed by atoms with van der Waals surface area (Å²) in [4.78, 5) is 28.8. The number of amides is 1. The molecule has 0 aromatic carbocycles. The summed E-state index contributed by atoms with van der Waals surface area (Å²) in [6.07, 6.45) is 0.643. The molecule has 7 heteroatoms. The molecule has 118 valence electrons. The van der Waals surface area contributed by atoms with Crippen molar-refractivity contribution in [1.29, 1.82) is 0 Å². The normalized spacial score (nSPS) is 10.7. The summed E-state index contributed by atoms with van der Waals surface area (Å²) in [5.74, 6) is 0.554. The van der Waals surface area contributed by atoms with Crippen LogP contribution in [0.25, 0.3) is 0 Å². The van der Waals surface area contributed by atoms with Crippen molar-refractivity contribution in [3.05, 3.63) is 45.0 Å². The molecule has 0 spiro atoms. The SMILES string of the molecule is CCc1nnc(CN(CC)C(=O)c2cc(C)c(C)[nH]c2=O)o1. The first kappa shape index (κ1) is 15.9. The molecule has 2 rings (SSSR count). The van der Waals surface area contributed by atoms with Gasteiger partial charge >= 0.3 is 0 Å². The first-order chi connectivity index (χ1) is 10.5. The molecule has 0 aliphatic carbocycles. The van der Waals surface area contributed by atoms with Gasteiger partial charge in [0.15, 0.2) is 0 Å². The average molecular weight is 304 g/mol. The number of nitrogens with zero attached hydrogens (tertiary/aromatic N) is 3. The summed E-state index contributed by atoms with van der Waals surface area (Å²) in [6.45, 7) is 8.03. The molecular formula is C15H20N4O3. The third-order valence-electron chi connectivity index (χ3n) is 3.53. The van der Waals surface area contributed by atoms with Crippen molar-refractivity contribution in [2.45, 2.75) is 40.7 Å². The first-order valence-corrected chi connectivity index (χ1v) is 7.27. The lowest BCUT2D eigenvalue weighted by molar-refractivity contribution is 0.0735. The Bertz CT molecular complexity index is 733. The minimum Gasteiger partial charge on any atom is -0.423 e. The summed E-state index contributed by atoms with van der Waals surface area (Å²) >= 11 is 0. The van der Waals surface area contributed by atoms with Gasteiger partial charge in [-0.15, -0.1) is 10.2 Å². The Labute approximate surface area is 128 Å². The highest BCUT2D eigenvalue weighted by Gasteiger charge is 2.20. The molecule has 2 heterocycles. The standard InChI is InChI=1S/C15H20N4O3/c1-5-12-17-18-13(22-12)8-19(6-2)15(21)11-7-9(3)10(4)16-14(11)20/h7H,5-6,8H2,1-4H3,(H,16,20). The summed E-state index contributed by atoms with van der Waals surface area (Å²) in [7, 11) is 0. The molecule has 0 aliphatic heterocycles. The Morgan fingerprint density at radius 3 is 2.55 bits per heavy atom. The largest absolute Gasteiger partial charge is 0.423 e. The van der Waals surface area contributed by atoms with Crippen molar-refractivity contribution >= 4 is 5.91 Å². The van der Waals surface area contributed by atoms with E-state index in [4.69, 9.17) is 4.42 Å². The van der Waals surface area contributed by atoms with E-state index in [1.165, 1.54) is 4.90 Å². The molecule has 0 saturated heterocycles. The summed E-state index contributed by atoms with van der Waals surface area (Å²) in [5, 5.41) is 7.78. The molecule has 0 aliphatic rings. The van der Waals surface area contributed by atoms with Gasteiger partial charge in [0.25, 0.3) is 11.5 Å². The van der Waals surface area contributed by atoms with Crippen LogP contribution in [0.2, 0.25) is 0 Å². The number of pyridine rings is 1. The molecule has 0 bridgehead atoms. The van der Waals surface area contributed by atoms with E-state index in [2.05, 4.69) is 15.2 Å². The molecule has 7 nitrogen and oxygen atoms in total. The highest BCUT2D eigenvalue weighted by atomic mass is 16.4. The van der Waals surface area contributed by atoms with Gasteiger partial charge in [-0.25, -0.2) is 0 Å². The smallest absolute Gasteiger partial charge is 0.261 e. The summed E-state index contributed by atoms with van der Waals surface area (Å²) in [5.41, 5.74) is 1.37. The number of aromatic nitrogens is 3. The monoisotopic (exact) mass is 304 g/mol.